The fourth-order valence-corrected chi connectivity index (χ4v) is 6.87. The Kier molecular flexibility index (Phi) is 8.20. The number of aryl methyl sites for hydroxylation is 1. The highest BCUT2D eigenvalue weighted by Gasteiger charge is 2.59. The average molecular weight is 549 g/mol. The number of hydrogen-bond donors (Lipinski definition) is 0. The third-order valence-corrected chi connectivity index (χ3v) is 9.18. The molecule has 0 spiro atoms. The Bertz CT molecular complexity index is 1260. The normalized spacial score (nSPS) is 22.9. The number of non-ortho nitro benzene ring substituents is 1. The van der Waals surface area contributed by atoms with E-state index in [0.29, 0.717) is 12.0 Å². The van der Waals surface area contributed by atoms with Gasteiger partial charge in [0.1, 0.15) is 12.6 Å². The molecule has 4 rings (SSSR count). The van der Waals surface area contributed by atoms with Gasteiger partial charge in [-0.25, -0.2) is 4.79 Å². The zero-order valence-electron chi connectivity index (χ0n) is 20.4. The molecule has 12 heteroatoms. The first kappa shape index (κ1) is 27.1. The Morgan fingerprint density at radius 1 is 1.16 bits per heavy atom. The standard InChI is InChI=1S/C25H28N2O8S2/c1-3-36-22-14-21-20(12-13-35-37(32,33)19-10-4-16(2)5-11-19)24(28)26(21)23(22)25(29)34-15-17-6-8-18(9-7-17)27(30)31/h4-11,20-23H,3,12-15H2,1-2H3/t20-,21?,22?,23?/m1/s1. The van der Waals surface area contributed by atoms with E-state index < -0.39 is 33.0 Å². The third kappa shape index (κ3) is 5.81. The second kappa shape index (κ2) is 11.2. The molecule has 2 heterocycles. The van der Waals surface area contributed by atoms with Gasteiger partial charge >= 0.3 is 5.97 Å². The van der Waals surface area contributed by atoms with Crippen LogP contribution in [-0.2, 0) is 35.2 Å². The van der Waals surface area contributed by atoms with Crippen LogP contribution in [0.5, 0.6) is 0 Å². The van der Waals surface area contributed by atoms with Crippen molar-refractivity contribution in [2.24, 2.45) is 5.92 Å². The number of nitro groups is 1. The summed E-state index contributed by atoms with van der Waals surface area (Å²) in [6, 6.07) is 11.2. The second-order valence-corrected chi connectivity index (χ2v) is 12.1. The minimum atomic E-state index is -3.92. The molecule has 37 heavy (non-hydrogen) atoms. The van der Waals surface area contributed by atoms with Crippen LogP contribution in [0.1, 0.15) is 30.9 Å². The summed E-state index contributed by atoms with van der Waals surface area (Å²) in [5, 5.41) is 10.7. The number of esters is 1. The summed E-state index contributed by atoms with van der Waals surface area (Å²) in [7, 11) is -3.92. The van der Waals surface area contributed by atoms with Crippen molar-refractivity contribution in [2.75, 3.05) is 12.4 Å². The van der Waals surface area contributed by atoms with Crippen LogP contribution >= 0.6 is 11.8 Å². The van der Waals surface area contributed by atoms with E-state index in [2.05, 4.69) is 0 Å². The van der Waals surface area contributed by atoms with Gasteiger partial charge in [0, 0.05) is 23.4 Å². The molecule has 0 aromatic heterocycles. The Morgan fingerprint density at radius 2 is 1.84 bits per heavy atom. The maximum Gasteiger partial charge on any atom is 0.330 e. The maximum absolute atomic E-state index is 13.0. The first-order valence-electron chi connectivity index (χ1n) is 11.9. The predicted octanol–water partition coefficient (Wildman–Crippen LogP) is 3.46. The van der Waals surface area contributed by atoms with Gasteiger partial charge in [0.15, 0.2) is 0 Å². The average Bonchev–Trinajstić information content (AvgIpc) is 3.20. The van der Waals surface area contributed by atoms with Crippen molar-refractivity contribution in [2.45, 2.75) is 55.5 Å². The van der Waals surface area contributed by atoms with Gasteiger partial charge in [0.05, 0.1) is 22.3 Å². The molecule has 2 fully saturated rings. The second-order valence-electron chi connectivity index (χ2n) is 9.00. The zero-order chi connectivity index (χ0) is 26.7. The van der Waals surface area contributed by atoms with Crippen LogP contribution in [0.25, 0.3) is 0 Å². The molecule has 0 saturated carbocycles. The number of amides is 1. The van der Waals surface area contributed by atoms with Crippen molar-refractivity contribution in [3.63, 3.8) is 0 Å². The Balaban J connectivity index is 1.35. The smallest absolute Gasteiger partial charge is 0.330 e. The minimum Gasteiger partial charge on any atom is -0.459 e. The van der Waals surface area contributed by atoms with Gasteiger partial charge in [-0.3, -0.25) is 19.1 Å². The van der Waals surface area contributed by atoms with Crippen molar-refractivity contribution in [1.29, 1.82) is 0 Å². The Labute approximate surface area is 219 Å². The van der Waals surface area contributed by atoms with Crippen molar-refractivity contribution in [1.82, 2.24) is 4.90 Å². The number of nitrogens with zero attached hydrogens (tertiary/aromatic N) is 2. The van der Waals surface area contributed by atoms with Crippen molar-refractivity contribution in [3.8, 4) is 0 Å². The molecular formula is C25H28N2O8S2. The van der Waals surface area contributed by atoms with Gasteiger partial charge in [-0.05, 0) is 55.3 Å². The van der Waals surface area contributed by atoms with Gasteiger partial charge in [-0.1, -0.05) is 24.6 Å². The fraction of sp³-hybridized carbons (Fsp3) is 0.440. The van der Waals surface area contributed by atoms with E-state index in [9.17, 15) is 28.1 Å². The monoisotopic (exact) mass is 548 g/mol. The van der Waals surface area contributed by atoms with Crippen LogP contribution in [0.15, 0.2) is 53.4 Å². The molecule has 2 aromatic carbocycles. The lowest BCUT2D eigenvalue weighted by molar-refractivity contribution is -0.384. The fourth-order valence-electron chi connectivity index (χ4n) is 4.76. The third-order valence-electron chi connectivity index (χ3n) is 6.65. The van der Waals surface area contributed by atoms with E-state index >= 15 is 0 Å². The Morgan fingerprint density at radius 3 is 2.46 bits per heavy atom. The molecule has 3 unspecified atom stereocenters. The summed E-state index contributed by atoms with van der Waals surface area (Å²) < 4.78 is 35.6. The highest BCUT2D eigenvalue weighted by atomic mass is 32.2. The molecule has 0 bridgehead atoms. The van der Waals surface area contributed by atoms with E-state index in [4.69, 9.17) is 8.92 Å². The number of carbonyl (C=O) groups is 2. The van der Waals surface area contributed by atoms with E-state index in [1.54, 1.807) is 28.8 Å². The van der Waals surface area contributed by atoms with Gasteiger partial charge in [0.25, 0.3) is 15.8 Å². The number of hydrogen-bond acceptors (Lipinski definition) is 9. The number of β-lactam (4-membered cyclic amide) rings is 1. The lowest BCUT2D eigenvalue weighted by Crippen LogP contribution is -2.62. The van der Waals surface area contributed by atoms with Crippen molar-refractivity contribution in [3.05, 3.63) is 69.8 Å². The highest BCUT2D eigenvalue weighted by Crippen LogP contribution is 2.45. The molecule has 1 amide bonds. The topological polar surface area (TPSA) is 133 Å². The number of ether oxygens (including phenoxy) is 1. The molecule has 0 N–H and O–H groups in total. The molecule has 4 atom stereocenters. The van der Waals surface area contributed by atoms with Gasteiger partial charge in [0.2, 0.25) is 5.91 Å². The van der Waals surface area contributed by atoms with E-state index in [1.807, 2.05) is 13.8 Å². The molecule has 2 aliphatic rings. The SMILES string of the molecule is CCSC1CC2[C@@H](CCOS(=O)(=O)c3ccc(C)cc3)C(=O)N2C1C(=O)OCc1ccc([N+](=O)[O-])cc1. The van der Waals surface area contributed by atoms with E-state index in [1.165, 1.54) is 36.4 Å². The zero-order valence-corrected chi connectivity index (χ0v) is 22.1. The van der Waals surface area contributed by atoms with Gasteiger partial charge < -0.3 is 9.64 Å². The highest BCUT2D eigenvalue weighted by molar-refractivity contribution is 7.99. The number of fused-ring (bicyclic) bond motifs is 1. The number of thioether (sulfide) groups is 1. The summed E-state index contributed by atoms with van der Waals surface area (Å²) in [5.74, 6) is -0.385. The van der Waals surface area contributed by atoms with Crippen molar-refractivity contribution < 1.29 is 31.9 Å². The first-order chi connectivity index (χ1) is 17.6. The van der Waals surface area contributed by atoms with Crippen LogP contribution in [0.4, 0.5) is 5.69 Å². The number of rotatable bonds is 11. The van der Waals surface area contributed by atoms with Crippen LogP contribution in [0.2, 0.25) is 0 Å². The minimum absolute atomic E-state index is 0.0546. The summed E-state index contributed by atoms with van der Waals surface area (Å²) in [5.41, 5.74) is 1.48. The molecule has 2 aromatic rings. The van der Waals surface area contributed by atoms with Gasteiger partial charge in [-0.2, -0.15) is 20.2 Å². The first-order valence-corrected chi connectivity index (χ1v) is 14.4. The molecule has 0 radical (unpaired) electrons. The largest absolute Gasteiger partial charge is 0.459 e. The summed E-state index contributed by atoms with van der Waals surface area (Å²) in [6.45, 7) is 3.65. The van der Waals surface area contributed by atoms with E-state index in [-0.39, 0.29) is 47.4 Å². The number of carbonyl (C=O) groups excluding carboxylic acids is 2. The molecule has 2 saturated heterocycles. The molecule has 10 nitrogen and oxygen atoms in total. The van der Waals surface area contributed by atoms with Crippen LogP contribution in [-0.4, -0.2) is 59.8 Å². The van der Waals surface area contributed by atoms with Gasteiger partial charge in [-0.15, -0.1) is 0 Å². The molecule has 0 aliphatic carbocycles. The lowest BCUT2D eigenvalue weighted by atomic mass is 9.85. The molecule has 2 aliphatic heterocycles. The maximum atomic E-state index is 13.0. The summed E-state index contributed by atoms with van der Waals surface area (Å²) in [6.07, 6.45) is 0.843. The van der Waals surface area contributed by atoms with Crippen LogP contribution in [0.3, 0.4) is 0 Å². The molecular weight excluding hydrogens is 520 g/mol. The Hall–Kier alpha value is -2.96. The molecule has 198 valence electrons. The predicted molar refractivity (Wildman–Crippen MR) is 136 cm³/mol. The van der Waals surface area contributed by atoms with Crippen LogP contribution < -0.4 is 0 Å². The summed E-state index contributed by atoms with van der Waals surface area (Å²) in [4.78, 5) is 37.9. The van der Waals surface area contributed by atoms with Crippen LogP contribution in [0, 0.1) is 23.0 Å². The van der Waals surface area contributed by atoms with E-state index in [0.717, 1.165) is 11.3 Å². The number of benzene rings is 2. The summed E-state index contributed by atoms with van der Waals surface area (Å²) >= 11 is 1.58. The quantitative estimate of drug-likeness (QED) is 0.136. The number of nitro benzene ring substituents is 1. The lowest BCUT2D eigenvalue weighted by Gasteiger charge is -2.44. The van der Waals surface area contributed by atoms with Crippen molar-refractivity contribution >= 4 is 39.4 Å².